The highest BCUT2D eigenvalue weighted by molar-refractivity contribution is 5.46. The van der Waals surface area contributed by atoms with Crippen LogP contribution in [-0.4, -0.2) is 33.0 Å². The molecule has 0 saturated heterocycles. The number of nitrogens with one attached hydrogen (secondary N) is 1. The fraction of sp³-hybridized carbons (Fsp3) is 0.400. The van der Waals surface area contributed by atoms with Crippen molar-refractivity contribution >= 4 is 5.69 Å². The standard InChI is InChI=1S/C20H27NO3/c1-4-22-13-14-24-19-9-6-18(7-10-19)21-11-12-23-20-8-5-16(2)17(3)15-20/h5-10,15,21H,4,11-14H2,1-3H3. The number of rotatable bonds is 10. The molecule has 0 spiro atoms. The van der Waals surface area contributed by atoms with Gasteiger partial charge in [0.05, 0.1) is 6.61 Å². The van der Waals surface area contributed by atoms with Gasteiger partial charge in [-0.3, -0.25) is 0 Å². The van der Waals surface area contributed by atoms with Gasteiger partial charge in [0, 0.05) is 18.8 Å². The molecule has 0 aliphatic heterocycles. The number of hydrogen-bond donors (Lipinski definition) is 1. The molecule has 0 unspecified atom stereocenters. The van der Waals surface area contributed by atoms with Gasteiger partial charge in [-0.2, -0.15) is 0 Å². The molecule has 1 N–H and O–H groups in total. The second-order valence-corrected chi connectivity index (χ2v) is 5.59. The van der Waals surface area contributed by atoms with E-state index in [4.69, 9.17) is 14.2 Å². The van der Waals surface area contributed by atoms with Gasteiger partial charge in [-0.15, -0.1) is 0 Å². The lowest BCUT2D eigenvalue weighted by molar-refractivity contribution is 0.110. The number of aryl methyl sites for hydroxylation is 2. The van der Waals surface area contributed by atoms with E-state index in [0.29, 0.717) is 19.8 Å². The molecule has 4 nitrogen and oxygen atoms in total. The Morgan fingerprint density at radius 2 is 1.50 bits per heavy atom. The van der Waals surface area contributed by atoms with Crippen LogP contribution in [0.25, 0.3) is 0 Å². The van der Waals surface area contributed by atoms with Gasteiger partial charge in [-0.25, -0.2) is 0 Å². The van der Waals surface area contributed by atoms with Crippen LogP contribution >= 0.6 is 0 Å². The summed E-state index contributed by atoms with van der Waals surface area (Å²) in [5.74, 6) is 1.77. The average Bonchev–Trinajstić information content (AvgIpc) is 2.60. The fourth-order valence-corrected chi connectivity index (χ4v) is 2.20. The van der Waals surface area contributed by atoms with Gasteiger partial charge in [0.25, 0.3) is 0 Å². The fourth-order valence-electron chi connectivity index (χ4n) is 2.20. The second kappa shape index (κ2) is 9.83. The summed E-state index contributed by atoms with van der Waals surface area (Å²) in [6.07, 6.45) is 0. The summed E-state index contributed by atoms with van der Waals surface area (Å²) in [6, 6.07) is 14.1. The van der Waals surface area contributed by atoms with Crippen molar-refractivity contribution in [3.8, 4) is 11.5 Å². The zero-order chi connectivity index (χ0) is 17.2. The first-order valence-electron chi connectivity index (χ1n) is 8.43. The molecule has 0 amide bonds. The molecule has 0 atom stereocenters. The normalized spacial score (nSPS) is 10.5. The minimum absolute atomic E-state index is 0.574. The van der Waals surface area contributed by atoms with Crippen molar-refractivity contribution < 1.29 is 14.2 Å². The Balaban J connectivity index is 1.67. The number of hydrogen-bond acceptors (Lipinski definition) is 4. The Morgan fingerprint density at radius 1 is 0.792 bits per heavy atom. The van der Waals surface area contributed by atoms with Crippen LogP contribution in [0.2, 0.25) is 0 Å². The van der Waals surface area contributed by atoms with Crippen molar-refractivity contribution in [3.63, 3.8) is 0 Å². The second-order valence-electron chi connectivity index (χ2n) is 5.59. The lowest BCUT2D eigenvalue weighted by atomic mass is 10.1. The summed E-state index contributed by atoms with van der Waals surface area (Å²) in [4.78, 5) is 0. The van der Waals surface area contributed by atoms with Crippen molar-refractivity contribution in [1.29, 1.82) is 0 Å². The summed E-state index contributed by atoms with van der Waals surface area (Å²) in [7, 11) is 0. The molecule has 4 heteroatoms. The Labute approximate surface area is 144 Å². The molecule has 0 bridgehead atoms. The first kappa shape index (κ1) is 18.1. The molecule has 0 radical (unpaired) electrons. The highest BCUT2D eigenvalue weighted by atomic mass is 16.5. The van der Waals surface area contributed by atoms with Gasteiger partial charge < -0.3 is 19.5 Å². The molecule has 2 aromatic carbocycles. The van der Waals surface area contributed by atoms with E-state index in [9.17, 15) is 0 Å². The van der Waals surface area contributed by atoms with E-state index < -0.39 is 0 Å². The van der Waals surface area contributed by atoms with Crippen molar-refractivity contribution in [2.75, 3.05) is 38.3 Å². The molecule has 0 aromatic heterocycles. The maximum absolute atomic E-state index is 5.76. The van der Waals surface area contributed by atoms with E-state index in [1.54, 1.807) is 0 Å². The van der Waals surface area contributed by atoms with Crippen LogP contribution in [0, 0.1) is 13.8 Å². The summed E-state index contributed by atoms with van der Waals surface area (Å²) in [5, 5.41) is 3.34. The number of ether oxygens (including phenoxy) is 3. The summed E-state index contributed by atoms with van der Waals surface area (Å²) in [5.41, 5.74) is 3.58. The maximum Gasteiger partial charge on any atom is 0.119 e. The zero-order valence-corrected chi connectivity index (χ0v) is 14.8. The SMILES string of the molecule is CCOCCOc1ccc(NCCOc2ccc(C)c(C)c2)cc1. The Hall–Kier alpha value is -2.20. The topological polar surface area (TPSA) is 39.7 Å². The van der Waals surface area contributed by atoms with Gasteiger partial charge in [-0.05, 0) is 68.3 Å². The van der Waals surface area contributed by atoms with E-state index in [2.05, 4.69) is 31.3 Å². The molecule has 2 rings (SSSR count). The molecular weight excluding hydrogens is 302 g/mol. The highest BCUT2D eigenvalue weighted by Crippen LogP contribution is 2.17. The molecule has 130 valence electrons. The molecule has 0 heterocycles. The van der Waals surface area contributed by atoms with Crippen LogP contribution in [0.1, 0.15) is 18.1 Å². The third kappa shape index (κ3) is 6.13. The summed E-state index contributed by atoms with van der Waals surface area (Å²) in [6.45, 7) is 9.45. The molecule has 0 fully saturated rings. The zero-order valence-electron chi connectivity index (χ0n) is 14.8. The lowest BCUT2D eigenvalue weighted by Gasteiger charge is -2.11. The maximum atomic E-state index is 5.76. The van der Waals surface area contributed by atoms with Crippen LogP contribution in [0.15, 0.2) is 42.5 Å². The van der Waals surface area contributed by atoms with Crippen LogP contribution in [0.3, 0.4) is 0 Å². The van der Waals surface area contributed by atoms with Crippen LogP contribution in [0.4, 0.5) is 5.69 Å². The Morgan fingerprint density at radius 3 is 2.21 bits per heavy atom. The van der Waals surface area contributed by atoms with Crippen LogP contribution in [-0.2, 0) is 4.74 Å². The Bertz CT molecular complexity index is 611. The van der Waals surface area contributed by atoms with E-state index in [0.717, 1.165) is 30.3 Å². The lowest BCUT2D eigenvalue weighted by Crippen LogP contribution is -2.11. The third-order valence-electron chi connectivity index (χ3n) is 3.73. The molecular formula is C20H27NO3. The molecule has 0 aliphatic rings. The number of anilines is 1. The van der Waals surface area contributed by atoms with E-state index >= 15 is 0 Å². The Kier molecular flexibility index (Phi) is 7.43. The van der Waals surface area contributed by atoms with Gasteiger partial charge in [0.1, 0.15) is 24.7 Å². The number of benzene rings is 2. The molecule has 24 heavy (non-hydrogen) atoms. The molecule has 2 aromatic rings. The minimum Gasteiger partial charge on any atom is -0.492 e. The van der Waals surface area contributed by atoms with Gasteiger partial charge in [0.2, 0.25) is 0 Å². The largest absolute Gasteiger partial charge is 0.492 e. The first-order valence-corrected chi connectivity index (χ1v) is 8.43. The smallest absolute Gasteiger partial charge is 0.119 e. The summed E-state index contributed by atoms with van der Waals surface area (Å²) >= 11 is 0. The molecule has 0 aliphatic carbocycles. The average molecular weight is 329 g/mol. The van der Waals surface area contributed by atoms with Crippen molar-refractivity contribution in [1.82, 2.24) is 0 Å². The quantitative estimate of drug-likeness (QED) is 0.663. The monoisotopic (exact) mass is 329 g/mol. The van der Waals surface area contributed by atoms with Gasteiger partial charge in [0.15, 0.2) is 0 Å². The van der Waals surface area contributed by atoms with Crippen LogP contribution in [0.5, 0.6) is 11.5 Å². The van der Waals surface area contributed by atoms with Crippen LogP contribution < -0.4 is 14.8 Å². The predicted octanol–water partition coefficient (Wildman–Crippen LogP) is 4.21. The van der Waals surface area contributed by atoms with Crippen molar-refractivity contribution in [2.24, 2.45) is 0 Å². The van der Waals surface area contributed by atoms with E-state index in [1.165, 1.54) is 11.1 Å². The van der Waals surface area contributed by atoms with Gasteiger partial charge >= 0.3 is 0 Å². The highest BCUT2D eigenvalue weighted by Gasteiger charge is 1.98. The minimum atomic E-state index is 0.574. The predicted molar refractivity (Wildman–Crippen MR) is 98.3 cm³/mol. The third-order valence-corrected chi connectivity index (χ3v) is 3.73. The summed E-state index contributed by atoms with van der Waals surface area (Å²) < 4.78 is 16.6. The van der Waals surface area contributed by atoms with Crippen molar-refractivity contribution in [2.45, 2.75) is 20.8 Å². The van der Waals surface area contributed by atoms with Crippen molar-refractivity contribution in [3.05, 3.63) is 53.6 Å². The first-order chi connectivity index (χ1) is 11.7. The van der Waals surface area contributed by atoms with E-state index in [1.807, 2.05) is 37.3 Å². The molecule has 0 saturated carbocycles. The van der Waals surface area contributed by atoms with Gasteiger partial charge in [-0.1, -0.05) is 6.07 Å². The van der Waals surface area contributed by atoms with E-state index in [-0.39, 0.29) is 0 Å².